The van der Waals surface area contributed by atoms with Crippen LogP contribution in [0.1, 0.15) is 48.4 Å². The molecule has 1 amide bonds. The van der Waals surface area contributed by atoms with Gasteiger partial charge in [0.05, 0.1) is 11.5 Å². The molecule has 2 fully saturated rings. The summed E-state index contributed by atoms with van der Waals surface area (Å²) in [6, 6.07) is 28.6. The highest BCUT2D eigenvalue weighted by atomic mass is 35.5. The van der Waals surface area contributed by atoms with Crippen LogP contribution >= 0.6 is 12.4 Å². The van der Waals surface area contributed by atoms with Crippen LogP contribution in [0.4, 0.5) is 0 Å². The third kappa shape index (κ3) is 5.63. The molecular weight excluding hydrogens is 444 g/mol. The molecule has 0 unspecified atom stereocenters. The maximum absolute atomic E-state index is 13.6. The molecule has 3 aromatic carbocycles. The Kier molecular flexibility index (Phi) is 7.91. The molecule has 1 heterocycles. The number of carbonyl (C=O) groups is 1. The lowest BCUT2D eigenvalue weighted by Gasteiger charge is -2.27. The highest BCUT2D eigenvalue weighted by Crippen LogP contribution is 2.49. The van der Waals surface area contributed by atoms with Crippen molar-refractivity contribution in [1.29, 1.82) is 0 Å². The van der Waals surface area contributed by atoms with Crippen molar-refractivity contribution in [2.45, 2.75) is 43.7 Å². The fourth-order valence-electron chi connectivity index (χ4n) is 4.84. The van der Waals surface area contributed by atoms with Crippen LogP contribution in [-0.2, 0) is 16.8 Å². The average molecular weight is 477 g/mol. The van der Waals surface area contributed by atoms with Crippen molar-refractivity contribution in [2.24, 2.45) is 0 Å². The lowest BCUT2D eigenvalue weighted by molar-refractivity contribution is -0.124. The molecule has 0 aromatic heterocycles. The summed E-state index contributed by atoms with van der Waals surface area (Å²) in [6.45, 7) is 3.62. The number of hydrogen-bond donors (Lipinski definition) is 1. The first-order chi connectivity index (χ1) is 16.2. The molecule has 0 spiro atoms. The fraction of sp³-hybridized carbons (Fsp3) is 0.345. The third-order valence-corrected chi connectivity index (χ3v) is 6.97. The molecule has 5 heteroatoms. The monoisotopic (exact) mass is 476 g/mol. The highest BCUT2D eigenvalue weighted by molar-refractivity contribution is 5.91. The predicted molar refractivity (Wildman–Crippen MR) is 138 cm³/mol. The molecule has 1 aliphatic carbocycles. The van der Waals surface area contributed by atoms with Gasteiger partial charge in [-0.1, -0.05) is 72.8 Å². The van der Waals surface area contributed by atoms with E-state index in [1.54, 1.807) is 0 Å². The summed E-state index contributed by atoms with van der Waals surface area (Å²) in [6.07, 6.45) is 4.25. The molecule has 1 atom stereocenters. The summed E-state index contributed by atoms with van der Waals surface area (Å²) >= 11 is 0. The van der Waals surface area contributed by atoms with Crippen LogP contribution < -0.4 is 10.1 Å². The normalized spacial score (nSPS) is 17.4. The lowest BCUT2D eigenvalue weighted by atomic mass is 9.93. The average Bonchev–Trinajstić information content (AvgIpc) is 3.53. The molecule has 1 saturated carbocycles. The fourth-order valence-corrected chi connectivity index (χ4v) is 4.84. The van der Waals surface area contributed by atoms with Crippen molar-refractivity contribution >= 4 is 18.3 Å². The van der Waals surface area contributed by atoms with Gasteiger partial charge in [0.15, 0.2) is 0 Å². The molecule has 0 bridgehead atoms. The zero-order valence-corrected chi connectivity index (χ0v) is 20.3. The first-order valence-corrected chi connectivity index (χ1v) is 12.1. The molecule has 0 radical (unpaired) electrons. The van der Waals surface area contributed by atoms with Gasteiger partial charge in [0.2, 0.25) is 5.91 Å². The van der Waals surface area contributed by atoms with Gasteiger partial charge in [0.25, 0.3) is 0 Å². The first-order valence-electron chi connectivity index (χ1n) is 12.1. The summed E-state index contributed by atoms with van der Waals surface area (Å²) in [5.74, 6) is 0.947. The largest absolute Gasteiger partial charge is 0.489 e. The van der Waals surface area contributed by atoms with Crippen LogP contribution in [0.15, 0.2) is 84.9 Å². The predicted octanol–water partition coefficient (Wildman–Crippen LogP) is 5.67. The van der Waals surface area contributed by atoms with Crippen LogP contribution in [0.5, 0.6) is 5.75 Å². The maximum atomic E-state index is 13.6. The van der Waals surface area contributed by atoms with Gasteiger partial charge in [0, 0.05) is 6.54 Å². The second kappa shape index (κ2) is 11.1. The Balaban J connectivity index is 0.00000274. The topological polar surface area (TPSA) is 41.6 Å². The van der Waals surface area contributed by atoms with Gasteiger partial charge < -0.3 is 15.0 Å². The highest BCUT2D eigenvalue weighted by Gasteiger charge is 2.51. The van der Waals surface area contributed by atoms with Crippen LogP contribution in [0, 0.1) is 0 Å². The Morgan fingerprint density at radius 2 is 1.59 bits per heavy atom. The number of likely N-dealkylation sites (tertiary alicyclic amines) is 1. The van der Waals surface area contributed by atoms with Crippen LogP contribution in [0.25, 0.3) is 0 Å². The van der Waals surface area contributed by atoms with E-state index in [1.165, 1.54) is 18.4 Å². The zero-order valence-electron chi connectivity index (χ0n) is 19.5. The summed E-state index contributed by atoms with van der Waals surface area (Å²) in [5.41, 5.74) is 2.92. The number of nitrogens with one attached hydrogen (secondary N) is 1. The standard InChI is InChI=1S/C29H32N2O2.ClH/c32-28(30-27(21-31-18-7-8-19-31)24-12-5-2-6-13-24)29(16-17-29)25-14-9-15-26(20-25)33-22-23-10-3-1-4-11-23;/h1-6,9-15,20,27H,7-8,16-19,21-22H2,(H,30,32);1H/t27-;/m1./s1. The van der Waals surface area contributed by atoms with Crippen LogP contribution in [0.3, 0.4) is 0 Å². The van der Waals surface area contributed by atoms with E-state index in [2.05, 4.69) is 52.7 Å². The minimum absolute atomic E-state index is 0. The molecule has 3 aromatic rings. The number of rotatable bonds is 9. The van der Waals surface area contributed by atoms with Gasteiger partial charge in [-0.2, -0.15) is 0 Å². The Labute approximate surface area is 208 Å². The number of nitrogens with zero attached hydrogens (tertiary/aromatic N) is 1. The van der Waals surface area contributed by atoms with E-state index < -0.39 is 5.41 Å². The van der Waals surface area contributed by atoms with Crippen molar-refractivity contribution in [1.82, 2.24) is 10.2 Å². The van der Waals surface area contributed by atoms with Gasteiger partial charge in [-0.15, -0.1) is 12.4 Å². The van der Waals surface area contributed by atoms with Crippen LogP contribution in [0.2, 0.25) is 0 Å². The van der Waals surface area contributed by atoms with Crippen molar-refractivity contribution in [2.75, 3.05) is 19.6 Å². The summed E-state index contributed by atoms with van der Waals surface area (Å²) in [5, 5.41) is 3.42. The Morgan fingerprint density at radius 1 is 0.912 bits per heavy atom. The Bertz CT molecular complexity index is 1060. The number of hydrogen-bond acceptors (Lipinski definition) is 3. The van der Waals surface area contributed by atoms with Crippen molar-refractivity contribution in [3.8, 4) is 5.75 Å². The van der Waals surface area contributed by atoms with Gasteiger partial charge in [-0.3, -0.25) is 4.79 Å². The van der Waals surface area contributed by atoms with E-state index in [0.29, 0.717) is 6.61 Å². The first kappa shape index (κ1) is 24.3. The van der Waals surface area contributed by atoms with E-state index >= 15 is 0 Å². The summed E-state index contributed by atoms with van der Waals surface area (Å²) in [4.78, 5) is 16.1. The van der Waals surface area contributed by atoms with Gasteiger partial charge >= 0.3 is 0 Å². The maximum Gasteiger partial charge on any atom is 0.231 e. The molecular formula is C29H33ClN2O2. The Hall–Kier alpha value is -2.82. The van der Waals surface area contributed by atoms with Crippen molar-refractivity contribution in [3.63, 3.8) is 0 Å². The van der Waals surface area contributed by atoms with Gasteiger partial charge in [-0.05, 0) is 67.6 Å². The summed E-state index contributed by atoms with van der Waals surface area (Å²) < 4.78 is 6.04. The minimum Gasteiger partial charge on any atom is -0.489 e. The Morgan fingerprint density at radius 3 is 2.26 bits per heavy atom. The van der Waals surface area contributed by atoms with E-state index in [-0.39, 0.29) is 24.4 Å². The van der Waals surface area contributed by atoms with Gasteiger partial charge in [-0.25, -0.2) is 0 Å². The zero-order chi connectivity index (χ0) is 22.5. The second-order valence-corrected chi connectivity index (χ2v) is 9.33. The molecule has 5 rings (SSSR count). The molecule has 1 N–H and O–H groups in total. The van der Waals surface area contributed by atoms with Crippen molar-refractivity contribution < 1.29 is 9.53 Å². The van der Waals surface area contributed by atoms with E-state index in [9.17, 15) is 4.79 Å². The lowest BCUT2D eigenvalue weighted by Crippen LogP contribution is -2.41. The molecule has 1 saturated heterocycles. The quantitative estimate of drug-likeness (QED) is 0.432. The molecule has 2 aliphatic rings. The number of ether oxygens (including phenoxy) is 1. The molecule has 4 nitrogen and oxygen atoms in total. The third-order valence-electron chi connectivity index (χ3n) is 6.97. The molecule has 34 heavy (non-hydrogen) atoms. The minimum atomic E-state index is -0.440. The summed E-state index contributed by atoms with van der Waals surface area (Å²) in [7, 11) is 0. The van der Waals surface area contributed by atoms with Crippen molar-refractivity contribution in [3.05, 3.63) is 102 Å². The molecule has 178 valence electrons. The second-order valence-electron chi connectivity index (χ2n) is 9.33. The van der Waals surface area contributed by atoms with E-state index in [1.807, 2.05) is 42.5 Å². The number of amides is 1. The smallest absolute Gasteiger partial charge is 0.231 e. The number of halogens is 1. The number of benzene rings is 3. The van der Waals surface area contributed by atoms with Crippen LogP contribution in [-0.4, -0.2) is 30.4 Å². The van der Waals surface area contributed by atoms with E-state index in [0.717, 1.165) is 49.4 Å². The number of carbonyl (C=O) groups excluding carboxylic acids is 1. The SMILES string of the molecule is Cl.O=C(N[C@H](CN1CCCC1)c1ccccc1)C1(c2cccc(OCc3ccccc3)c2)CC1. The molecule has 1 aliphatic heterocycles. The van der Waals surface area contributed by atoms with Gasteiger partial charge in [0.1, 0.15) is 12.4 Å². The van der Waals surface area contributed by atoms with E-state index in [4.69, 9.17) is 4.74 Å².